The van der Waals surface area contributed by atoms with Gasteiger partial charge in [0.1, 0.15) is 0 Å². The van der Waals surface area contributed by atoms with Crippen molar-refractivity contribution in [3.63, 3.8) is 0 Å². The van der Waals surface area contributed by atoms with Crippen molar-refractivity contribution in [2.24, 2.45) is 11.7 Å². The van der Waals surface area contributed by atoms with Crippen LogP contribution >= 0.6 is 0 Å². The number of nitrogens with two attached hydrogens (primary N) is 1. The molecule has 0 saturated carbocycles. The lowest BCUT2D eigenvalue weighted by Crippen LogP contribution is -2.48. The number of hydrogen-bond donors (Lipinski definition) is 1. The van der Waals surface area contributed by atoms with Gasteiger partial charge >= 0.3 is 0 Å². The Morgan fingerprint density at radius 2 is 2.53 bits per heavy atom. The maximum Gasteiger partial charge on any atom is 0.240 e. The number of aromatic nitrogens is 2. The van der Waals surface area contributed by atoms with Crippen molar-refractivity contribution in [3.8, 4) is 0 Å². The number of nitrogens with zero attached hydrogens (tertiary/aromatic N) is 3. The van der Waals surface area contributed by atoms with Crippen molar-refractivity contribution in [2.45, 2.75) is 32.4 Å². The van der Waals surface area contributed by atoms with Crippen LogP contribution in [0.15, 0.2) is 10.9 Å². The normalized spacial score (nSPS) is 28.1. The minimum Gasteiger partial charge on any atom is -0.338 e. The van der Waals surface area contributed by atoms with Crippen molar-refractivity contribution in [3.05, 3.63) is 12.2 Å². The van der Waals surface area contributed by atoms with Crippen LogP contribution in [0, 0.1) is 5.92 Å². The summed E-state index contributed by atoms with van der Waals surface area (Å²) in [6.45, 7) is 4.77. The van der Waals surface area contributed by atoms with Crippen LogP contribution in [-0.4, -0.2) is 34.2 Å². The molecule has 0 amide bonds. The van der Waals surface area contributed by atoms with E-state index in [1.807, 2.05) is 0 Å². The van der Waals surface area contributed by atoms with Gasteiger partial charge < -0.3 is 10.3 Å². The largest absolute Gasteiger partial charge is 0.338 e. The molecule has 2 unspecified atom stereocenters. The zero-order valence-electron chi connectivity index (χ0n) is 9.09. The second-order valence-corrected chi connectivity index (χ2v) is 4.23. The monoisotopic (exact) mass is 210 g/mol. The predicted molar refractivity (Wildman–Crippen MR) is 55.9 cm³/mol. The standard InChI is InChI=1S/C10H18N4O/c1-8-3-2-4-14(9(8)5-11)6-10-12-7-13-15-10/h7-9H,2-6,11H2,1H3. The summed E-state index contributed by atoms with van der Waals surface area (Å²) in [4.78, 5) is 6.39. The SMILES string of the molecule is CC1CCCN(Cc2ncno2)C1CN. The molecule has 1 aliphatic rings. The highest BCUT2D eigenvalue weighted by atomic mass is 16.5. The topological polar surface area (TPSA) is 68.2 Å². The summed E-state index contributed by atoms with van der Waals surface area (Å²) in [5.41, 5.74) is 5.80. The van der Waals surface area contributed by atoms with Crippen molar-refractivity contribution in [2.75, 3.05) is 13.1 Å². The molecule has 1 fully saturated rings. The van der Waals surface area contributed by atoms with Crippen molar-refractivity contribution < 1.29 is 4.52 Å². The first-order valence-corrected chi connectivity index (χ1v) is 5.51. The fourth-order valence-corrected chi connectivity index (χ4v) is 2.35. The quantitative estimate of drug-likeness (QED) is 0.792. The number of piperidine rings is 1. The molecule has 0 aliphatic carbocycles. The molecule has 84 valence electrons. The van der Waals surface area contributed by atoms with Gasteiger partial charge in [0.25, 0.3) is 0 Å². The molecular weight excluding hydrogens is 192 g/mol. The third-order valence-electron chi connectivity index (χ3n) is 3.22. The van der Waals surface area contributed by atoms with Crippen LogP contribution in [0.2, 0.25) is 0 Å². The number of likely N-dealkylation sites (tertiary alicyclic amines) is 1. The molecule has 2 atom stereocenters. The zero-order valence-corrected chi connectivity index (χ0v) is 9.09. The fraction of sp³-hybridized carbons (Fsp3) is 0.800. The lowest BCUT2D eigenvalue weighted by molar-refractivity contribution is 0.0874. The van der Waals surface area contributed by atoms with E-state index < -0.39 is 0 Å². The van der Waals surface area contributed by atoms with Gasteiger partial charge in [-0.2, -0.15) is 4.98 Å². The Morgan fingerprint density at radius 1 is 1.67 bits per heavy atom. The van der Waals surface area contributed by atoms with Gasteiger partial charge in [0.15, 0.2) is 6.33 Å². The minimum absolute atomic E-state index is 0.450. The number of hydrogen-bond acceptors (Lipinski definition) is 5. The summed E-state index contributed by atoms with van der Waals surface area (Å²) < 4.78 is 5.02. The summed E-state index contributed by atoms with van der Waals surface area (Å²) >= 11 is 0. The van der Waals surface area contributed by atoms with Gasteiger partial charge in [-0.25, -0.2) is 0 Å². The fourth-order valence-electron chi connectivity index (χ4n) is 2.35. The smallest absolute Gasteiger partial charge is 0.240 e. The van der Waals surface area contributed by atoms with Gasteiger partial charge in [-0.1, -0.05) is 12.1 Å². The van der Waals surface area contributed by atoms with E-state index in [1.165, 1.54) is 19.2 Å². The van der Waals surface area contributed by atoms with Crippen molar-refractivity contribution >= 4 is 0 Å². The van der Waals surface area contributed by atoms with E-state index in [1.54, 1.807) is 0 Å². The lowest BCUT2D eigenvalue weighted by atomic mass is 9.91. The molecule has 5 heteroatoms. The van der Waals surface area contributed by atoms with E-state index in [2.05, 4.69) is 22.0 Å². The van der Waals surface area contributed by atoms with Crippen LogP contribution in [0.4, 0.5) is 0 Å². The van der Waals surface area contributed by atoms with Crippen LogP contribution in [0.3, 0.4) is 0 Å². The van der Waals surface area contributed by atoms with Gasteiger partial charge in [0.2, 0.25) is 5.89 Å². The molecule has 2 N–H and O–H groups in total. The van der Waals surface area contributed by atoms with E-state index >= 15 is 0 Å². The molecule has 1 aromatic rings. The van der Waals surface area contributed by atoms with Crippen LogP contribution in [-0.2, 0) is 6.54 Å². The maximum absolute atomic E-state index is 5.80. The Kier molecular flexibility index (Phi) is 3.33. The minimum atomic E-state index is 0.450. The Balaban J connectivity index is 2.00. The summed E-state index contributed by atoms with van der Waals surface area (Å²) in [5, 5.41) is 3.61. The van der Waals surface area contributed by atoms with E-state index in [9.17, 15) is 0 Å². The summed E-state index contributed by atoms with van der Waals surface area (Å²) in [7, 11) is 0. The second kappa shape index (κ2) is 4.72. The van der Waals surface area contributed by atoms with Crippen molar-refractivity contribution in [1.29, 1.82) is 0 Å². The van der Waals surface area contributed by atoms with Crippen LogP contribution in [0.5, 0.6) is 0 Å². The highest BCUT2D eigenvalue weighted by Gasteiger charge is 2.28. The average molecular weight is 210 g/mol. The molecule has 0 spiro atoms. The first kappa shape index (κ1) is 10.6. The Labute approximate surface area is 89.6 Å². The van der Waals surface area contributed by atoms with Crippen LogP contribution in [0.25, 0.3) is 0 Å². The molecule has 0 bridgehead atoms. The zero-order chi connectivity index (χ0) is 10.7. The van der Waals surface area contributed by atoms with E-state index in [0.717, 1.165) is 13.1 Å². The molecule has 2 heterocycles. The Morgan fingerprint density at radius 3 is 3.20 bits per heavy atom. The van der Waals surface area contributed by atoms with Gasteiger partial charge in [0, 0.05) is 12.6 Å². The summed E-state index contributed by atoms with van der Waals surface area (Å²) in [5.74, 6) is 1.34. The molecular formula is C10H18N4O. The van der Waals surface area contributed by atoms with Crippen LogP contribution in [0.1, 0.15) is 25.7 Å². The number of rotatable bonds is 3. The Bertz CT molecular complexity index is 288. The highest BCUT2D eigenvalue weighted by molar-refractivity contribution is 4.86. The third-order valence-corrected chi connectivity index (χ3v) is 3.22. The Hall–Kier alpha value is -0.940. The van der Waals surface area contributed by atoms with Gasteiger partial charge in [-0.15, -0.1) is 0 Å². The van der Waals surface area contributed by atoms with Gasteiger partial charge in [-0.3, -0.25) is 4.90 Å². The average Bonchev–Trinajstić information content (AvgIpc) is 2.71. The molecule has 2 rings (SSSR count). The molecule has 0 aromatic carbocycles. The molecule has 1 saturated heterocycles. The maximum atomic E-state index is 5.80. The van der Waals surface area contributed by atoms with Gasteiger partial charge in [-0.05, 0) is 25.3 Å². The molecule has 1 aromatic heterocycles. The first-order chi connectivity index (χ1) is 7.31. The second-order valence-electron chi connectivity index (χ2n) is 4.23. The summed E-state index contributed by atoms with van der Waals surface area (Å²) in [6.07, 6.45) is 3.94. The highest BCUT2D eigenvalue weighted by Crippen LogP contribution is 2.23. The van der Waals surface area contributed by atoms with E-state index in [0.29, 0.717) is 24.4 Å². The van der Waals surface area contributed by atoms with Crippen molar-refractivity contribution in [1.82, 2.24) is 15.0 Å². The summed E-state index contributed by atoms with van der Waals surface area (Å²) in [6, 6.07) is 0.450. The van der Waals surface area contributed by atoms with E-state index in [-0.39, 0.29) is 0 Å². The van der Waals surface area contributed by atoms with Gasteiger partial charge in [0.05, 0.1) is 6.54 Å². The molecule has 1 aliphatic heterocycles. The van der Waals surface area contributed by atoms with Crippen LogP contribution < -0.4 is 5.73 Å². The lowest BCUT2D eigenvalue weighted by Gasteiger charge is -2.38. The van der Waals surface area contributed by atoms with E-state index in [4.69, 9.17) is 10.3 Å². The molecule has 0 radical (unpaired) electrons. The predicted octanol–water partition coefficient (Wildman–Crippen LogP) is 0.629. The third kappa shape index (κ3) is 2.35. The molecule has 5 nitrogen and oxygen atoms in total. The first-order valence-electron chi connectivity index (χ1n) is 5.51. The molecule has 15 heavy (non-hydrogen) atoms.